The van der Waals surface area contributed by atoms with Crippen molar-refractivity contribution in [2.24, 2.45) is 0 Å². The summed E-state index contributed by atoms with van der Waals surface area (Å²) in [5.74, 6) is -0.235. The first kappa shape index (κ1) is 14.5. The monoisotopic (exact) mass is 252 g/mol. The number of hydrogen-bond donors (Lipinski definition) is 1. The van der Waals surface area contributed by atoms with E-state index in [-0.39, 0.29) is 17.8 Å². The first-order valence-electron chi connectivity index (χ1n) is 6.05. The maximum Gasteiger partial charge on any atom is 0.335 e. The van der Waals surface area contributed by atoms with Crippen LogP contribution in [0.2, 0.25) is 0 Å². The zero-order valence-corrected chi connectivity index (χ0v) is 11.1. The van der Waals surface area contributed by atoms with E-state index in [0.717, 1.165) is 12.8 Å². The Morgan fingerprint density at radius 3 is 2.22 bits per heavy atom. The third-order valence-corrected chi connectivity index (χ3v) is 2.82. The zero-order chi connectivity index (χ0) is 13.5. The summed E-state index contributed by atoms with van der Waals surface area (Å²) in [6.07, 6.45) is 2.14. The van der Waals surface area contributed by atoms with Crippen LogP contribution in [0.25, 0.3) is 0 Å². The number of rotatable bonds is 7. The van der Waals surface area contributed by atoms with Gasteiger partial charge in [-0.05, 0) is 51.0 Å². The van der Waals surface area contributed by atoms with Crippen LogP contribution >= 0.6 is 0 Å². The van der Waals surface area contributed by atoms with Gasteiger partial charge in [0.15, 0.2) is 0 Å². The van der Waals surface area contributed by atoms with E-state index in [0.29, 0.717) is 5.75 Å². The number of hydrogen-bond acceptors (Lipinski definition) is 3. The maximum atomic E-state index is 10.7. The molecular weight excluding hydrogens is 232 g/mol. The molecule has 0 aliphatic carbocycles. The minimum Gasteiger partial charge on any atom is -0.491 e. The van der Waals surface area contributed by atoms with E-state index in [1.807, 2.05) is 13.8 Å². The molecule has 0 fully saturated rings. The lowest BCUT2D eigenvalue weighted by atomic mass is 10.1. The van der Waals surface area contributed by atoms with Crippen molar-refractivity contribution in [3.05, 3.63) is 29.8 Å². The van der Waals surface area contributed by atoms with Gasteiger partial charge in [0, 0.05) is 7.11 Å². The lowest BCUT2D eigenvalue weighted by Gasteiger charge is -2.16. The Labute approximate surface area is 108 Å². The summed E-state index contributed by atoms with van der Waals surface area (Å²) in [5.41, 5.74) is 0.267. The van der Waals surface area contributed by atoms with Crippen LogP contribution in [0.15, 0.2) is 24.3 Å². The molecule has 1 rings (SSSR count). The van der Waals surface area contributed by atoms with E-state index >= 15 is 0 Å². The van der Waals surface area contributed by atoms with Crippen LogP contribution < -0.4 is 4.74 Å². The van der Waals surface area contributed by atoms with Crippen LogP contribution in [0.3, 0.4) is 0 Å². The Morgan fingerprint density at radius 1 is 1.17 bits per heavy atom. The fraction of sp³-hybridized carbons (Fsp3) is 0.500. The van der Waals surface area contributed by atoms with Crippen molar-refractivity contribution >= 4 is 5.97 Å². The van der Waals surface area contributed by atoms with Gasteiger partial charge in [0.25, 0.3) is 0 Å². The van der Waals surface area contributed by atoms with E-state index < -0.39 is 5.97 Å². The summed E-state index contributed by atoms with van der Waals surface area (Å²) in [7, 11) is 1.70. The SMILES string of the molecule is CO[C@@H](C)CC[C@@H](C)Oc1ccc(C(=O)O)cc1. The summed E-state index contributed by atoms with van der Waals surface area (Å²) >= 11 is 0. The smallest absolute Gasteiger partial charge is 0.335 e. The standard InChI is InChI=1S/C14H20O4/c1-10(17-3)4-5-11(2)18-13-8-6-12(7-9-13)14(15)16/h6-11H,4-5H2,1-3H3,(H,15,16)/t10-,11+/m0/s1. The number of methoxy groups -OCH3 is 1. The van der Waals surface area contributed by atoms with Gasteiger partial charge in [0.05, 0.1) is 17.8 Å². The molecular formula is C14H20O4. The predicted molar refractivity (Wildman–Crippen MR) is 69.2 cm³/mol. The topological polar surface area (TPSA) is 55.8 Å². The Bertz CT molecular complexity index is 372. The molecule has 1 aromatic carbocycles. The van der Waals surface area contributed by atoms with Gasteiger partial charge in [-0.3, -0.25) is 0 Å². The normalized spacial score (nSPS) is 13.9. The molecule has 4 heteroatoms. The molecule has 2 atom stereocenters. The average molecular weight is 252 g/mol. The molecule has 4 nitrogen and oxygen atoms in total. The molecule has 0 aromatic heterocycles. The highest BCUT2D eigenvalue weighted by Gasteiger charge is 2.08. The van der Waals surface area contributed by atoms with Gasteiger partial charge < -0.3 is 14.6 Å². The molecule has 0 saturated heterocycles. The molecule has 0 aliphatic rings. The number of benzene rings is 1. The fourth-order valence-electron chi connectivity index (χ4n) is 1.55. The third kappa shape index (κ3) is 4.75. The first-order chi connectivity index (χ1) is 8.52. The van der Waals surface area contributed by atoms with Gasteiger partial charge in [-0.1, -0.05) is 0 Å². The van der Waals surface area contributed by atoms with E-state index in [9.17, 15) is 4.79 Å². The second kappa shape index (κ2) is 7.01. The van der Waals surface area contributed by atoms with E-state index in [2.05, 4.69) is 0 Å². The summed E-state index contributed by atoms with van der Waals surface area (Å²) < 4.78 is 10.9. The van der Waals surface area contributed by atoms with Crippen molar-refractivity contribution in [2.75, 3.05) is 7.11 Å². The Hall–Kier alpha value is -1.55. The quantitative estimate of drug-likeness (QED) is 0.810. The maximum absolute atomic E-state index is 10.7. The summed E-state index contributed by atoms with van der Waals surface area (Å²) in [6.45, 7) is 4.02. The molecule has 0 amide bonds. The molecule has 100 valence electrons. The highest BCUT2D eigenvalue weighted by atomic mass is 16.5. The first-order valence-corrected chi connectivity index (χ1v) is 6.05. The molecule has 0 aliphatic heterocycles. The summed E-state index contributed by atoms with van der Waals surface area (Å²) in [4.78, 5) is 10.7. The molecule has 0 unspecified atom stereocenters. The minimum atomic E-state index is -0.927. The van der Waals surface area contributed by atoms with Gasteiger partial charge in [0.1, 0.15) is 5.75 Å². The van der Waals surface area contributed by atoms with Crippen LogP contribution in [-0.2, 0) is 4.74 Å². The van der Waals surface area contributed by atoms with Crippen molar-refractivity contribution < 1.29 is 19.4 Å². The minimum absolute atomic E-state index is 0.0817. The van der Waals surface area contributed by atoms with E-state index in [1.165, 1.54) is 0 Å². The van der Waals surface area contributed by atoms with Crippen LogP contribution in [0, 0.1) is 0 Å². The van der Waals surface area contributed by atoms with Crippen molar-refractivity contribution in [1.29, 1.82) is 0 Å². The van der Waals surface area contributed by atoms with Gasteiger partial charge in [0.2, 0.25) is 0 Å². The number of carbonyl (C=O) groups is 1. The fourth-order valence-corrected chi connectivity index (χ4v) is 1.55. The van der Waals surface area contributed by atoms with Crippen LogP contribution in [0.5, 0.6) is 5.75 Å². The second-order valence-corrected chi connectivity index (χ2v) is 4.38. The molecule has 0 radical (unpaired) electrons. The lowest BCUT2D eigenvalue weighted by molar-refractivity contribution is 0.0696. The van der Waals surface area contributed by atoms with Crippen LogP contribution in [0.4, 0.5) is 0 Å². The van der Waals surface area contributed by atoms with Crippen LogP contribution in [-0.4, -0.2) is 30.4 Å². The highest BCUT2D eigenvalue weighted by molar-refractivity contribution is 5.87. The third-order valence-electron chi connectivity index (χ3n) is 2.82. The van der Waals surface area contributed by atoms with Gasteiger partial charge in [-0.2, -0.15) is 0 Å². The molecule has 0 heterocycles. The summed E-state index contributed by atoms with van der Waals surface area (Å²) in [5, 5.41) is 8.78. The van der Waals surface area contributed by atoms with Crippen molar-refractivity contribution in [3.8, 4) is 5.75 Å². The number of ether oxygens (including phenoxy) is 2. The van der Waals surface area contributed by atoms with Gasteiger partial charge in [-0.15, -0.1) is 0 Å². The van der Waals surface area contributed by atoms with Crippen LogP contribution in [0.1, 0.15) is 37.0 Å². The molecule has 0 spiro atoms. The average Bonchev–Trinajstić information content (AvgIpc) is 2.36. The van der Waals surface area contributed by atoms with Gasteiger partial charge in [-0.25, -0.2) is 4.79 Å². The van der Waals surface area contributed by atoms with Gasteiger partial charge >= 0.3 is 5.97 Å². The Morgan fingerprint density at radius 2 is 1.72 bits per heavy atom. The zero-order valence-electron chi connectivity index (χ0n) is 11.1. The molecule has 1 aromatic rings. The van der Waals surface area contributed by atoms with E-state index in [4.69, 9.17) is 14.6 Å². The number of aromatic carboxylic acids is 1. The number of carboxylic acid groups (broad SMARTS) is 1. The molecule has 18 heavy (non-hydrogen) atoms. The second-order valence-electron chi connectivity index (χ2n) is 4.38. The molecule has 0 bridgehead atoms. The van der Waals surface area contributed by atoms with Crippen molar-refractivity contribution in [2.45, 2.75) is 38.9 Å². The highest BCUT2D eigenvalue weighted by Crippen LogP contribution is 2.16. The molecule has 0 saturated carbocycles. The summed E-state index contributed by atoms with van der Waals surface area (Å²) in [6, 6.07) is 6.45. The Kier molecular flexibility index (Phi) is 5.65. The molecule has 1 N–H and O–H groups in total. The predicted octanol–water partition coefficient (Wildman–Crippen LogP) is 2.97. The van der Waals surface area contributed by atoms with Crippen molar-refractivity contribution in [1.82, 2.24) is 0 Å². The lowest BCUT2D eigenvalue weighted by Crippen LogP contribution is -2.15. The van der Waals surface area contributed by atoms with Crippen molar-refractivity contribution in [3.63, 3.8) is 0 Å². The van der Waals surface area contributed by atoms with E-state index in [1.54, 1.807) is 31.4 Å². The largest absolute Gasteiger partial charge is 0.491 e. The number of carboxylic acids is 1. The Balaban J connectivity index is 2.44.